The van der Waals surface area contributed by atoms with E-state index < -0.39 is 31.7 Å². The predicted molar refractivity (Wildman–Crippen MR) is 124 cm³/mol. The Balaban J connectivity index is 1.82. The molecule has 0 fully saturated rings. The Morgan fingerprint density at radius 2 is 1.58 bits per heavy atom. The van der Waals surface area contributed by atoms with Crippen LogP contribution in [-0.2, 0) is 14.3 Å². The molecule has 31 heavy (non-hydrogen) atoms. The largest absolute Gasteiger partial charge is 0.469 e. The Kier molecular flexibility index (Phi) is 7.49. The Labute approximate surface area is 185 Å². The molecular weight excluding hydrogens is 408 g/mol. The number of aliphatic hydroxyl groups excluding tert-OH is 1. The fourth-order valence-electron chi connectivity index (χ4n) is 4.31. The van der Waals surface area contributed by atoms with Crippen molar-refractivity contribution >= 4 is 24.7 Å². The summed E-state index contributed by atoms with van der Waals surface area (Å²) in [5, 5.41) is 11.9. The van der Waals surface area contributed by atoms with E-state index in [1.54, 1.807) is 12.2 Å². The van der Waals surface area contributed by atoms with Crippen molar-refractivity contribution in [2.24, 2.45) is 0 Å². The summed E-state index contributed by atoms with van der Waals surface area (Å²) in [6.45, 7) is 4.19. The minimum Gasteiger partial charge on any atom is -0.469 e. The summed E-state index contributed by atoms with van der Waals surface area (Å²) >= 11 is 0. The van der Waals surface area contributed by atoms with Gasteiger partial charge in [0.15, 0.2) is 0 Å². The maximum Gasteiger partial charge on any atom is 0.308 e. The summed E-state index contributed by atoms with van der Waals surface area (Å²) in [6.07, 6.45) is 3.13. The van der Waals surface area contributed by atoms with Gasteiger partial charge in [-0.3, -0.25) is 4.79 Å². The second-order valence-corrected chi connectivity index (χ2v) is 12.7. The second kappa shape index (κ2) is 9.91. The molecule has 0 aromatic heterocycles. The summed E-state index contributed by atoms with van der Waals surface area (Å²) < 4.78 is 10.7. The van der Waals surface area contributed by atoms with Gasteiger partial charge in [-0.05, 0) is 28.3 Å². The van der Waals surface area contributed by atoms with Crippen molar-refractivity contribution in [2.45, 2.75) is 56.5 Å². The maximum atomic E-state index is 12.2. The van der Waals surface area contributed by atoms with Crippen molar-refractivity contribution in [2.75, 3.05) is 7.11 Å². The van der Waals surface area contributed by atoms with Gasteiger partial charge in [0.05, 0.1) is 31.8 Å². The smallest absolute Gasteiger partial charge is 0.308 e. The van der Waals surface area contributed by atoms with E-state index in [1.165, 1.54) is 7.11 Å². The molecule has 3 rings (SSSR count). The third kappa shape index (κ3) is 5.15. The highest BCUT2D eigenvalue weighted by atomic mass is 28.4. The quantitative estimate of drug-likeness (QED) is 0.375. The number of esters is 1. The predicted octanol–water partition coefficient (Wildman–Crippen LogP) is 2.55. The van der Waals surface area contributed by atoms with Crippen LogP contribution in [0.1, 0.15) is 33.1 Å². The van der Waals surface area contributed by atoms with E-state index in [-0.39, 0.29) is 12.4 Å². The molecule has 0 aliphatic carbocycles. The molecule has 0 bridgehead atoms. The van der Waals surface area contributed by atoms with Crippen molar-refractivity contribution in [1.29, 1.82) is 0 Å². The highest BCUT2D eigenvalue weighted by Gasteiger charge is 2.50. The average Bonchev–Trinajstić information content (AvgIpc) is 2.79. The van der Waals surface area contributed by atoms with Crippen molar-refractivity contribution < 1.29 is 24.2 Å². The van der Waals surface area contributed by atoms with Gasteiger partial charge in [0.2, 0.25) is 0 Å². The molecule has 166 valence electrons. The highest BCUT2D eigenvalue weighted by molar-refractivity contribution is 6.98. The first kappa shape index (κ1) is 23.4. The van der Waals surface area contributed by atoms with Crippen LogP contribution in [0.4, 0.5) is 0 Å². The Hall–Kier alpha value is -2.25. The molecule has 1 aliphatic rings. The number of aliphatic hydroxyl groups is 1. The molecule has 2 aromatic carbocycles. The number of rotatable bonds is 8. The Bertz CT molecular complexity index is 842. The summed E-state index contributed by atoms with van der Waals surface area (Å²) in [5.74, 6) is -0.347. The Morgan fingerprint density at radius 3 is 2.10 bits per heavy atom. The lowest BCUT2D eigenvalue weighted by Gasteiger charge is -2.42. The van der Waals surface area contributed by atoms with E-state index in [1.807, 2.05) is 60.7 Å². The average molecular weight is 441 g/mol. The van der Waals surface area contributed by atoms with Gasteiger partial charge in [0.25, 0.3) is 8.32 Å². The van der Waals surface area contributed by atoms with Crippen LogP contribution >= 0.6 is 0 Å². The van der Waals surface area contributed by atoms with Crippen molar-refractivity contribution in [3.8, 4) is 0 Å². The first-order valence-corrected chi connectivity index (χ1v) is 12.6. The van der Waals surface area contributed by atoms with E-state index in [0.29, 0.717) is 12.8 Å². The van der Waals surface area contributed by atoms with Gasteiger partial charge in [-0.15, -0.1) is 0 Å². The normalized spacial score (nSPS) is 21.6. The lowest BCUT2D eigenvalue weighted by molar-refractivity contribution is -0.145. The minimum absolute atomic E-state index is 0.117. The molecule has 0 amide bonds. The van der Waals surface area contributed by atoms with E-state index in [4.69, 9.17) is 9.47 Å². The summed E-state index contributed by atoms with van der Waals surface area (Å²) in [5.41, 5.74) is 0. The van der Waals surface area contributed by atoms with Crippen LogP contribution in [-0.4, -0.2) is 49.6 Å². The number of carbonyl (C=O) groups excluding carboxylic acids is 1. The summed E-state index contributed by atoms with van der Waals surface area (Å²) in [6, 6.07) is 19.8. The van der Waals surface area contributed by atoms with Crippen LogP contribution in [0.3, 0.4) is 0 Å². The number of methoxy groups -OCH3 is 1. The Morgan fingerprint density at radius 1 is 1.03 bits per heavy atom. The molecule has 1 heterocycles. The van der Waals surface area contributed by atoms with Gasteiger partial charge < -0.3 is 19.4 Å². The molecule has 0 saturated carbocycles. The molecule has 2 aromatic rings. The molecule has 3 atom stereocenters. The van der Waals surface area contributed by atoms with Crippen LogP contribution in [0.15, 0.2) is 72.8 Å². The van der Waals surface area contributed by atoms with Gasteiger partial charge in [-0.25, -0.2) is 0 Å². The molecule has 1 aliphatic heterocycles. The van der Waals surface area contributed by atoms with Crippen molar-refractivity contribution in [1.82, 2.24) is 0 Å². The number of ether oxygens (including phenoxy) is 2. The third-order valence-corrected chi connectivity index (χ3v) is 10.8. The topological polar surface area (TPSA) is 76.0 Å². The fourth-order valence-corrected chi connectivity index (χ4v) is 8.06. The van der Waals surface area contributed by atoms with Crippen molar-refractivity contribution in [3.05, 3.63) is 72.8 Å². The van der Waals surface area contributed by atoms with Gasteiger partial charge in [0.1, 0.15) is 0 Å². The van der Waals surface area contributed by atoms with Gasteiger partial charge in [0, 0.05) is 0 Å². The minimum atomic E-state index is -3.11. The van der Waals surface area contributed by atoms with Crippen LogP contribution in [0.2, 0.25) is 5.04 Å². The highest BCUT2D eigenvalue weighted by Crippen LogP contribution is 2.41. The molecule has 6 heteroatoms. The van der Waals surface area contributed by atoms with Crippen LogP contribution in [0.25, 0.3) is 0 Å². The number of hydrogen-bond donors (Lipinski definition) is 2. The van der Waals surface area contributed by atoms with E-state index >= 15 is 0 Å². The standard InChI is InChI=1S/C25H32O5Si/c1-25(2,17-16-23-22(26)15-14-19(30-23)18-24(27)29-3)31(28,20-10-6-4-7-11-20)21-12-8-5-9-13-21/h4-15,19,22-23,26,28H,16-18H2,1-3H3. The van der Waals surface area contributed by atoms with Gasteiger partial charge in [-0.1, -0.05) is 86.7 Å². The first-order chi connectivity index (χ1) is 14.8. The zero-order valence-electron chi connectivity index (χ0n) is 18.4. The van der Waals surface area contributed by atoms with Gasteiger partial charge >= 0.3 is 5.97 Å². The molecule has 0 spiro atoms. The summed E-state index contributed by atoms with van der Waals surface area (Å²) in [7, 11) is -1.76. The molecule has 2 N–H and O–H groups in total. The molecule has 5 nitrogen and oxygen atoms in total. The van der Waals surface area contributed by atoms with Crippen LogP contribution in [0.5, 0.6) is 0 Å². The monoisotopic (exact) mass is 440 g/mol. The third-order valence-electron chi connectivity index (χ3n) is 6.27. The van der Waals surface area contributed by atoms with E-state index in [9.17, 15) is 14.7 Å². The summed E-state index contributed by atoms with van der Waals surface area (Å²) in [4.78, 5) is 23.8. The maximum absolute atomic E-state index is 12.2. The SMILES string of the molecule is COC(=O)CC1C=CC(O)C(CCC(C)(C)[Si](O)(c2ccccc2)c2ccccc2)O1. The van der Waals surface area contributed by atoms with E-state index in [0.717, 1.165) is 10.4 Å². The first-order valence-electron chi connectivity index (χ1n) is 10.7. The molecule has 3 unspecified atom stereocenters. The number of hydrogen-bond acceptors (Lipinski definition) is 5. The lowest BCUT2D eigenvalue weighted by atomic mass is 9.98. The zero-order chi connectivity index (χ0) is 22.5. The zero-order valence-corrected chi connectivity index (χ0v) is 19.4. The number of carbonyl (C=O) groups is 1. The van der Waals surface area contributed by atoms with E-state index in [2.05, 4.69) is 13.8 Å². The fraction of sp³-hybridized carbons (Fsp3) is 0.400. The molecular formula is C25H32O5Si. The number of benzene rings is 2. The van der Waals surface area contributed by atoms with Crippen LogP contribution < -0.4 is 10.4 Å². The molecule has 0 saturated heterocycles. The second-order valence-electron chi connectivity index (χ2n) is 8.73. The molecule has 0 radical (unpaired) electrons. The van der Waals surface area contributed by atoms with Gasteiger partial charge in [-0.2, -0.15) is 0 Å². The van der Waals surface area contributed by atoms with Crippen LogP contribution in [0, 0.1) is 0 Å². The van der Waals surface area contributed by atoms with Crippen molar-refractivity contribution in [3.63, 3.8) is 0 Å². The lowest BCUT2D eigenvalue weighted by Crippen LogP contribution is -2.65.